The van der Waals surface area contributed by atoms with Crippen LogP contribution in [0.15, 0.2) is 24.3 Å². The van der Waals surface area contributed by atoms with Crippen LogP contribution in [0, 0.1) is 0 Å². The number of rotatable bonds is 2. The zero-order valence-electron chi connectivity index (χ0n) is 11.6. The molecule has 1 aromatic carbocycles. The van der Waals surface area contributed by atoms with Crippen LogP contribution < -0.4 is 5.32 Å². The average molecular weight is 287 g/mol. The molecule has 1 aliphatic heterocycles. The number of nitrogens with one attached hydrogen (secondary N) is 2. The highest BCUT2D eigenvalue weighted by Crippen LogP contribution is 2.27. The Morgan fingerprint density at radius 3 is 2.95 bits per heavy atom. The summed E-state index contributed by atoms with van der Waals surface area (Å²) in [6.07, 6.45) is 1.79. The molecule has 2 amide bonds. The molecule has 6 nitrogen and oxygen atoms in total. The van der Waals surface area contributed by atoms with E-state index in [0.717, 1.165) is 24.1 Å². The van der Waals surface area contributed by atoms with Gasteiger partial charge in [0, 0.05) is 23.1 Å². The van der Waals surface area contributed by atoms with Gasteiger partial charge >= 0.3 is 12.0 Å². The smallest absolute Gasteiger partial charge is 0.323 e. The molecule has 1 aromatic heterocycles. The Hall–Kier alpha value is -2.50. The van der Waals surface area contributed by atoms with Gasteiger partial charge in [-0.25, -0.2) is 4.79 Å². The van der Waals surface area contributed by atoms with Crippen molar-refractivity contribution < 1.29 is 14.7 Å². The van der Waals surface area contributed by atoms with Gasteiger partial charge in [0.2, 0.25) is 0 Å². The molecule has 0 saturated carbocycles. The Morgan fingerprint density at radius 1 is 1.33 bits per heavy atom. The molecule has 0 radical (unpaired) electrons. The van der Waals surface area contributed by atoms with Crippen LogP contribution in [0.25, 0.3) is 10.9 Å². The maximum atomic E-state index is 12.0. The Morgan fingerprint density at radius 2 is 2.14 bits per heavy atom. The molecular formula is C15H17N3O3. The van der Waals surface area contributed by atoms with Crippen LogP contribution in [0.4, 0.5) is 4.79 Å². The summed E-state index contributed by atoms with van der Waals surface area (Å²) in [5.74, 6) is -1.04. The zero-order valence-corrected chi connectivity index (χ0v) is 11.6. The van der Waals surface area contributed by atoms with Crippen LogP contribution in [-0.2, 0) is 17.8 Å². The molecule has 0 unspecified atom stereocenters. The summed E-state index contributed by atoms with van der Waals surface area (Å²) >= 11 is 0. The van der Waals surface area contributed by atoms with Crippen molar-refractivity contribution in [1.29, 1.82) is 0 Å². The lowest BCUT2D eigenvalue weighted by atomic mass is 10.1. The predicted molar refractivity (Wildman–Crippen MR) is 78.1 cm³/mol. The number of aromatic nitrogens is 1. The first-order valence-electron chi connectivity index (χ1n) is 6.98. The summed E-state index contributed by atoms with van der Waals surface area (Å²) in [7, 11) is 0. The fraction of sp³-hybridized carbons (Fsp3) is 0.333. The number of amides is 2. The molecule has 0 spiro atoms. The molecule has 0 fully saturated rings. The minimum absolute atomic E-state index is 0.330. The first kappa shape index (κ1) is 13.5. The number of H-pyrrole nitrogens is 1. The molecule has 3 rings (SSSR count). The number of para-hydroxylation sites is 1. The zero-order chi connectivity index (χ0) is 14.8. The van der Waals surface area contributed by atoms with Crippen LogP contribution in [0.5, 0.6) is 0 Å². The summed E-state index contributed by atoms with van der Waals surface area (Å²) in [4.78, 5) is 27.6. The van der Waals surface area contributed by atoms with E-state index in [2.05, 4.69) is 16.4 Å². The number of hydrogen-bond acceptors (Lipinski definition) is 2. The van der Waals surface area contributed by atoms with E-state index in [-0.39, 0.29) is 12.6 Å². The van der Waals surface area contributed by atoms with Crippen LogP contribution in [-0.4, -0.2) is 40.1 Å². The lowest BCUT2D eigenvalue weighted by Crippen LogP contribution is -2.41. The maximum Gasteiger partial charge on any atom is 0.323 e. The van der Waals surface area contributed by atoms with Crippen LogP contribution in [0.2, 0.25) is 0 Å². The van der Waals surface area contributed by atoms with Gasteiger partial charge in [-0.15, -0.1) is 0 Å². The van der Waals surface area contributed by atoms with Crippen molar-refractivity contribution in [3.8, 4) is 0 Å². The Kier molecular flexibility index (Phi) is 3.51. The molecule has 0 saturated heterocycles. The van der Waals surface area contributed by atoms with Crippen molar-refractivity contribution in [2.75, 3.05) is 13.1 Å². The second-order valence-corrected chi connectivity index (χ2v) is 5.21. The number of aliphatic carboxylic acids is 1. The van der Waals surface area contributed by atoms with E-state index in [1.807, 2.05) is 18.2 Å². The number of urea groups is 1. The van der Waals surface area contributed by atoms with Crippen molar-refractivity contribution in [2.24, 2.45) is 0 Å². The summed E-state index contributed by atoms with van der Waals surface area (Å²) in [5, 5.41) is 12.3. The van der Waals surface area contributed by atoms with Crippen molar-refractivity contribution >= 4 is 22.9 Å². The van der Waals surface area contributed by atoms with Gasteiger partial charge in [0.15, 0.2) is 0 Å². The monoisotopic (exact) mass is 287 g/mol. The van der Waals surface area contributed by atoms with Gasteiger partial charge in [-0.2, -0.15) is 0 Å². The van der Waals surface area contributed by atoms with E-state index >= 15 is 0 Å². The van der Waals surface area contributed by atoms with Gasteiger partial charge < -0.3 is 20.3 Å². The second kappa shape index (κ2) is 5.47. The van der Waals surface area contributed by atoms with Gasteiger partial charge in [0.25, 0.3) is 0 Å². The number of carboxylic acid groups (broad SMARTS) is 1. The minimum Gasteiger partial charge on any atom is -0.480 e. The van der Waals surface area contributed by atoms with Crippen LogP contribution >= 0.6 is 0 Å². The molecule has 6 heteroatoms. The second-order valence-electron chi connectivity index (χ2n) is 5.21. The molecule has 3 N–H and O–H groups in total. The third-order valence-corrected chi connectivity index (χ3v) is 3.78. The predicted octanol–water partition coefficient (Wildman–Crippen LogP) is 1.71. The van der Waals surface area contributed by atoms with Gasteiger partial charge in [0.05, 0.1) is 6.54 Å². The highest BCUT2D eigenvalue weighted by molar-refractivity contribution is 5.85. The van der Waals surface area contributed by atoms with Crippen molar-refractivity contribution in [1.82, 2.24) is 15.2 Å². The molecule has 2 aromatic rings. The molecule has 0 atom stereocenters. The lowest BCUT2D eigenvalue weighted by Gasteiger charge is -2.20. The molecule has 110 valence electrons. The van der Waals surface area contributed by atoms with E-state index in [1.165, 1.54) is 10.9 Å². The Bertz CT molecular complexity index is 693. The number of benzene rings is 1. The number of fused-ring (bicyclic) bond motifs is 3. The first-order chi connectivity index (χ1) is 10.1. The first-order valence-corrected chi connectivity index (χ1v) is 6.98. The maximum absolute atomic E-state index is 12.0. The SMILES string of the molecule is O=C(O)CNC(=O)N1CCCc2c([nH]c3ccccc23)C1. The number of aryl methyl sites for hydroxylation is 1. The van der Waals surface area contributed by atoms with Gasteiger partial charge in [0.1, 0.15) is 6.54 Å². The number of nitrogens with zero attached hydrogens (tertiary/aromatic N) is 1. The molecule has 1 aliphatic rings. The van der Waals surface area contributed by atoms with E-state index in [4.69, 9.17) is 5.11 Å². The van der Waals surface area contributed by atoms with Crippen LogP contribution in [0.3, 0.4) is 0 Å². The fourth-order valence-electron chi connectivity index (χ4n) is 2.83. The summed E-state index contributed by atoms with van der Waals surface area (Å²) in [6, 6.07) is 7.78. The van der Waals surface area contributed by atoms with E-state index < -0.39 is 5.97 Å². The third-order valence-electron chi connectivity index (χ3n) is 3.78. The van der Waals surface area contributed by atoms with Crippen molar-refractivity contribution in [2.45, 2.75) is 19.4 Å². The topological polar surface area (TPSA) is 85.4 Å². The number of carbonyl (C=O) groups excluding carboxylic acids is 1. The van der Waals surface area contributed by atoms with Gasteiger partial charge in [-0.1, -0.05) is 18.2 Å². The highest BCUT2D eigenvalue weighted by atomic mass is 16.4. The van der Waals surface area contributed by atoms with Crippen molar-refractivity contribution in [3.05, 3.63) is 35.5 Å². The molecular weight excluding hydrogens is 270 g/mol. The number of carbonyl (C=O) groups is 2. The Labute approximate surface area is 121 Å². The fourth-order valence-corrected chi connectivity index (χ4v) is 2.83. The Balaban J connectivity index is 1.82. The molecule has 0 bridgehead atoms. The van der Waals surface area contributed by atoms with Crippen molar-refractivity contribution in [3.63, 3.8) is 0 Å². The lowest BCUT2D eigenvalue weighted by molar-refractivity contribution is -0.135. The summed E-state index contributed by atoms with van der Waals surface area (Å²) in [6.45, 7) is 0.757. The molecule has 2 heterocycles. The third kappa shape index (κ3) is 2.69. The largest absolute Gasteiger partial charge is 0.480 e. The van der Waals surface area contributed by atoms with E-state index in [9.17, 15) is 9.59 Å². The average Bonchev–Trinajstić information content (AvgIpc) is 2.68. The summed E-state index contributed by atoms with van der Waals surface area (Å²) in [5.41, 5.74) is 3.38. The van der Waals surface area contributed by atoms with Gasteiger partial charge in [-0.05, 0) is 24.5 Å². The van der Waals surface area contributed by atoms with Gasteiger partial charge in [-0.3, -0.25) is 4.79 Å². The molecule has 21 heavy (non-hydrogen) atoms. The highest BCUT2D eigenvalue weighted by Gasteiger charge is 2.22. The van der Waals surface area contributed by atoms with E-state index in [1.54, 1.807) is 4.90 Å². The molecule has 0 aliphatic carbocycles. The minimum atomic E-state index is -1.04. The number of aromatic amines is 1. The standard InChI is InChI=1S/C15H17N3O3/c19-14(20)8-16-15(21)18-7-3-5-11-10-4-1-2-6-12(10)17-13(11)9-18/h1-2,4,6,17H,3,5,7-9H2,(H,16,21)(H,19,20). The normalized spacial score (nSPS) is 14.6. The quantitative estimate of drug-likeness (QED) is 0.786. The number of carboxylic acids is 1. The van der Waals surface area contributed by atoms with E-state index in [0.29, 0.717) is 13.1 Å². The number of hydrogen-bond donors (Lipinski definition) is 3. The summed E-state index contributed by atoms with van der Waals surface area (Å²) < 4.78 is 0. The van der Waals surface area contributed by atoms with Crippen LogP contribution in [0.1, 0.15) is 17.7 Å².